The molecule has 3 heteroatoms. The highest BCUT2D eigenvalue weighted by Crippen LogP contribution is 2.70. The van der Waals surface area contributed by atoms with E-state index < -0.39 is 0 Å². The van der Waals surface area contributed by atoms with Gasteiger partial charge in [0.1, 0.15) is 0 Å². The fourth-order valence-electron chi connectivity index (χ4n) is 3.72. The zero-order chi connectivity index (χ0) is 12.0. The van der Waals surface area contributed by atoms with Crippen LogP contribution in [0.5, 0.6) is 0 Å². The van der Waals surface area contributed by atoms with Gasteiger partial charge in [-0.25, -0.2) is 0 Å². The molecule has 0 bridgehead atoms. The highest BCUT2D eigenvalue weighted by atomic mass is 16.5. The van der Waals surface area contributed by atoms with Crippen LogP contribution < -0.4 is 11.3 Å². The van der Waals surface area contributed by atoms with E-state index in [4.69, 9.17) is 10.6 Å². The summed E-state index contributed by atoms with van der Waals surface area (Å²) in [6, 6.07) is 0.453. The first-order valence-electron chi connectivity index (χ1n) is 6.47. The van der Waals surface area contributed by atoms with Gasteiger partial charge in [0.15, 0.2) is 0 Å². The second kappa shape index (κ2) is 3.97. The van der Waals surface area contributed by atoms with Crippen LogP contribution in [-0.4, -0.2) is 19.3 Å². The number of nitrogens with one attached hydrogen (secondary N) is 1. The Bertz CT molecular complexity index is 243. The van der Waals surface area contributed by atoms with E-state index in [1.54, 1.807) is 0 Å². The van der Waals surface area contributed by atoms with E-state index in [1.165, 1.54) is 0 Å². The highest BCUT2D eigenvalue weighted by Gasteiger charge is 2.67. The summed E-state index contributed by atoms with van der Waals surface area (Å²) >= 11 is 0. The van der Waals surface area contributed by atoms with Gasteiger partial charge in [0.05, 0.1) is 0 Å². The molecule has 0 aromatic heterocycles. The standard InChI is InChI=1S/C13H26N2O/c1-12(2)11(13(12,3)4)10(15-14)9-5-7-16-8-6-9/h9-11,15H,5-8,14H2,1-4H3. The molecule has 2 fully saturated rings. The van der Waals surface area contributed by atoms with Gasteiger partial charge in [0, 0.05) is 19.3 Å². The van der Waals surface area contributed by atoms with Gasteiger partial charge >= 0.3 is 0 Å². The quantitative estimate of drug-likeness (QED) is 0.571. The van der Waals surface area contributed by atoms with Crippen molar-refractivity contribution in [3.8, 4) is 0 Å². The molecule has 3 nitrogen and oxygen atoms in total. The maximum Gasteiger partial charge on any atom is 0.0469 e. The normalized spacial score (nSPS) is 31.3. The minimum absolute atomic E-state index is 0.405. The second-order valence-corrected chi connectivity index (χ2v) is 6.56. The first kappa shape index (κ1) is 12.3. The smallest absolute Gasteiger partial charge is 0.0469 e. The Balaban J connectivity index is 2.06. The van der Waals surface area contributed by atoms with Gasteiger partial charge < -0.3 is 4.74 Å². The molecule has 1 unspecified atom stereocenters. The third-order valence-electron chi connectivity index (χ3n) is 5.46. The van der Waals surface area contributed by atoms with E-state index in [-0.39, 0.29) is 0 Å². The topological polar surface area (TPSA) is 47.3 Å². The van der Waals surface area contributed by atoms with Crippen molar-refractivity contribution in [2.45, 2.75) is 46.6 Å². The first-order chi connectivity index (χ1) is 7.43. The van der Waals surface area contributed by atoms with Crippen LogP contribution in [0.3, 0.4) is 0 Å². The number of hydrogen-bond donors (Lipinski definition) is 2. The molecule has 1 heterocycles. The van der Waals surface area contributed by atoms with Gasteiger partial charge in [0.2, 0.25) is 0 Å². The molecule has 16 heavy (non-hydrogen) atoms. The summed E-state index contributed by atoms with van der Waals surface area (Å²) in [5.74, 6) is 7.17. The fourth-order valence-corrected chi connectivity index (χ4v) is 3.72. The fraction of sp³-hybridized carbons (Fsp3) is 1.00. The van der Waals surface area contributed by atoms with Crippen molar-refractivity contribution in [2.75, 3.05) is 13.2 Å². The summed E-state index contributed by atoms with van der Waals surface area (Å²) in [7, 11) is 0. The maximum atomic E-state index is 5.80. The molecule has 1 saturated heterocycles. The van der Waals surface area contributed by atoms with Gasteiger partial charge in [-0.1, -0.05) is 27.7 Å². The van der Waals surface area contributed by atoms with Crippen molar-refractivity contribution in [1.29, 1.82) is 0 Å². The Labute approximate surface area is 99.1 Å². The Morgan fingerprint density at radius 3 is 2.00 bits per heavy atom. The zero-order valence-electron chi connectivity index (χ0n) is 11.0. The van der Waals surface area contributed by atoms with Crippen LogP contribution in [0.15, 0.2) is 0 Å². The minimum atomic E-state index is 0.405. The van der Waals surface area contributed by atoms with Crippen LogP contribution in [0, 0.1) is 22.7 Å². The number of nitrogens with two attached hydrogens (primary N) is 1. The van der Waals surface area contributed by atoms with Crippen molar-refractivity contribution < 1.29 is 4.74 Å². The first-order valence-corrected chi connectivity index (χ1v) is 6.47. The van der Waals surface area contributed by atoms with Crippen LogP contribution in [0.4, 0.5) is 0 Å². The summed E-state index contributed by atoms with van der Waals surface area (Å²) in [4.78, 5) is 0. The lowest BCUT2D eigenvalue weighted by atomic mass is 9.86. The molecule has 1 aliphatic carbocycles. The summed E-state index contributed by atoms with van der Waals surface area (Å²) in [6.07, 6.45) is 2.30. The van der Waals surface area contributed by atoms with E-state index in [0.29, 0.717) is 28.7 Å². The average Bonchev–Trinajstić information content (AvgIpc) is 2.64. The molecule has 1 saturated carbocycles. The average molecular weight is 226 g/mol. The highest BCUT2D eigenvalue weighted by molar-refractivity contribution is 5.17. The molecule has 94 valence electrons. The van der Waals surface area contributed by atoms with Gasteiger partial charge in [-0.2, -0.15) is 0 Å². The Kier molecular flexibility index (Phi) is 3.06. The summed E-state index contributed by atoms with van der Waals surface area (Å²) in [5, 5.41) is 0. The minimum Gasteiger partial charge on any atom is -0.381 e. The van der Waals surface area contributed by atoms with Gasteiger partial charge in [0.25, 0.3) is 0 Å². The van der Waals surface area contributed by atoms with E-state index in [0.717, 1.165) is 26.1 Å². The predicted molar refractivity (Wildman–Crippen MR) is 65.7 cm³/mol. The van der Waals surface area contributed by atoms with E-state index in [1.807, 2.05) is 0 Å². The lowest BCUT2D eigenvalue weighted by Gasteiger charge is -2.31. The van der Waals surface area contributed by atoms with E-state index >= 15 is 0 Å². The Morgan fingerprint density at radius 1 is 1.12 bits per heavy atom. The van der Waals surface area contributed by atoms with Gasteiger partial charge in [-0.05, 0) is 35.5 Å². The van der Waals surface area contributed by atoms with Crippen molar-refractivity contribution in [1.82, 2.24) is 5.43 Å². The molecule has 1 atom stereocenters. The van der Waals surface area contributed by atoms with Crippen molar-refractivity contribution in [3.05, 3.63) is 0 Å². The number of hydrogen-bond acceptors (Lipinski definition) is 3. The van der Waals surface area contributed by atoms with Crippen LogP contribution >= 0.6 is 0 Å². The van der Waals surface area contributed by atoms with Gasteiger partial charge in [-0.3, -0.25) is 11.3 Å². The molecule has 2 rings (SSSR count). The Hall–Kier alpha value is -0.120. The van der Waals surface area contributed by atoms with E-state index in [2.05, 4.69) is 33.1 Å². The van der Waals surface area contributed by atoms with E-state index in [9.17, 15) is 0 Å². The summed E-state index contributed by atoms with van der Waals surface area (Å²) < 4.78 is 5.43. The van der Waals surface area contributed by atoms with Crippen LogP contribution in [-0.2, 0) is 4.74 Å². The number of hydrazine groups is 1. The van der Waals surface area contributed by atoms with Crippen molar-refractivity contribution in [2.24, 2.45) is 28.5 Å². The number of ether oxygens (including phenoxy) is 1. The predicted octanol–water partition coefficient (Wildman–Crippen LogP) is 1.93. The molecule has 0 radical (unpaired) electrons. The van der Waals surface area contributed by atoms with Crippen molar-refractivity contribution >= 4 is 0 Å². The maximum absolute atomic E-state index is 5.80. The second-order valence-electron chi connectivity index (χ2n) is 6.56. The molecule has 0 aromatic carbocycles. The van der Waals surface area contributed by atoms with Crippen LogP contribution in [0.1, 0.15) is 40.5 Å². The zero-order valence-corrected chi connectivity index (χ0v) is 11.0. The monoisotopic (exact) mass is 226 g/mol. The molecule has 1 aliphatic heterocycles. The number of rotatable bonds is 3. The third-order valence-corrected chi connectivity index (χ3v) is 5.46. The van der Waals surface area contributed by atoms with Crippen molar-refractivity contribution in [3.63, 3.8) is 0 Å². The molecule has 3 N–H and O–H groups in total. The molecule has 0 spiro atoms. The molecular formula is C13H26N2O. The van der Waals surface area contributed by atoms with Gasteiger partial charge in [-0.15, -0.1) is 0 Å². The third kappa shape index (κ3) is 1.69. The molecular weight excluding hydrogens is 200 g/mol. The summed E-state index contributed by atoms with van der Waals surface area (Å²) in [6.45, 7) is 11.2. The lowest BCUT2D eigenvalue weighted by Crippen LogP contribution is -2.45. The van der Waals surface area contributed by atoms with Crippen LogP contribution in [0.25, 0.3) is 0 Å². The van der Waals surface area contributed by atoms with Crippen LogP contribution in [0.2, 0.25) is 0 Å². The Morgan fingerprint density at radius 2 is 1.62 bits per heavy atom. The lowest BCUT2D eigenvalue weighted by molar-refractivity contribution is 0.0477. The molecule has 2 aliphatic rings. The SMILES string of the molecule is CC1(C)C(C(NN)C2CCOCC2)C1(C)C. The summed E-state index contributed by atoms with van der Waals surface area (Å²) in [5.41, 5.74) is 3.90. The largest absolute Gasteiger partial charge is 0.381 e. The molecule has 0 amide bonds. The molecule has 0 aromatic rings.